The number of hydrogen-bond acceptors (Lipinski definition) is 8. The first-order valence-corrected chi connectivity index (χ1v) is 24.1. The van der Waals surface area contributed by atoms with Crippen LogP contribution in [0.25, 0.3) is 0 Å². The summed E-state index contributed by atoms with van der Waals surface area (Å²) in [7, 11) is -4.77. The largest absolute Gasteiger partial charge is 0.480 e. The molecular formula is C48H80NO10P. The number of carbonyl (C=O) groups is 3. The minimum Gasteiger partial charge on any atom is -0.480 e. The van der Waals surface area contributed by atoms with Crippen LogP contribution >= 0.6 is 7.82 Å². The Morgan fingerprint density at radius 3 is 1.47 bits per heavy atom. The fraction of sp³-hybridized carbons (Fsp3) is 0.646. The summed E-state index contributed by atoms with van der Waals surface area (Å²) in [4.78, 5) is 45.9. The van der Waals surface area contributed by atoms with Crippen LogP contribution in [-0.4, -0.2) is 64.9 Å². The summed E-state index contributed by atoms with van der Waals surface area (Å²) in [5.74, 6) is -2.44. The quantitative estimate of drug-likeness (QED) is 0.0201. The van der Waals surface area contributed by atoms with Gasteiger partial charge in [-0.2, -0.15) is 0 Å². The summed E-state index contributed by atoms with van der Waals surface area (Å²) in [6.07, 6.45) is 51.9. The van der Waals surface area contributed by atoms with Crippen LogP contribution in [0, 0.1) is 0 Å². The molecule has 0 spiro atoms. The van der Waals surface area contributed by atoms with E-state index in [0.29, 0.717) is 12.8 Å². The van der Waals surface area contributed by atoms with Crippen molar-refractivity contribution in [3.63, 3.8) is 0 Å². The molecule has 342 valence electrons. The number of rotatable bonds is 41. The molecule has 11 nitrogen and oxygen atoms in total. The van der Waals surface area contributed by atoms with Crippen LogP contribution in [0.3, 0.4) is 0 Å². The zero-order valence-corrected chi connectivity index (χ0v) is 37.9. The van der Waals surface area contributed by atoms with Crippen molar-refractivity contribution in [3.8, 4) is 0 Å². The lowest BCUT2D eigenvalue weighted by atomic mass is 10.1. The van der Waals surface area contributed by atoms with E-state index in [1.54, 1.807) is 0 Å². The van der Waals surface area contributed by atoms with Gasteiger partial charge in [0.25, 0.3) is 0 Å². The number of esters is 1. The van der Waals surface area contributed by atoms with E-state index in [0.717, 1.165) is 89.9 Å². The van der Waals surface area contributed by atoms with Crippen molar-refractivity contribution in [1.29, 1.82) is 0 Å². The molecular weight excluding hydrogens is 781 g/mol. The molecule has 3 unspecified atom stereocenters. The Balaban J connectivity index is 3.92. The zero-order chi connectivity index (χ0) is 44.2. The maximum atomic E-state index is 12.3. The van der Waals surface area contributed by atoms with Gasteiger partial charge in [0, 0.05) is 12.8 Å². The van der Waals surface area contributed by atoms with E-state index in [9.17, 15) is 34.1 Å². The normalized spacial score (nSPS) is 14.5. The van der Waals surface area contributed by atoms with Gasteiger partial charge >= 0.3 is 19.8 Å². The Bertz CT molecular complexity index is 1340. The second-order valence-electron chi connectivity index (χ2n) is 14.9. The van der Waals surface area contributed by atoms with Gasteiger partial charge in [-0.15, -0.1) is 0 Å². The Morgan fingerprint density at radius 1 is 0.550 bits per heavy atom. The van der Waals surface area contributed by atoms with E-state index in [1.807, 2.05) is 0 Å². The molecule has 0 aliphatic carbocycles. The number of carboxylic acids is 1. The topological polar surface area (TPSA) is 169 Å². The summed E-state index contributed by atoms with van der Waals surface area (Å²) in [5.41, 5.74) is 0. The maximum Gasteiger partial charge on any atom is 0.472 e. The van der Waals surface area contributed by atoms with Gasteiger partial charge in [-0.1, -0.05) is 150 Å². The number of amides is 1. The first kappa shape index (κ1) is 56.7. The third-order valence-corrected chi connectivity index (χ3v) is 10.1. The number of phosphoric ester groups is 1. The Labute approximate surface area is 362 Å². The average Bonchev–Trinajstić information content (AvgIpc) is 3.22. The highest BCUT2D eigenvalue weighted by Crippen LogP contribution is 2.43. The summed E-state index contributed by atoms with van der Waals surface area (Å²) in [6, 6.07) is -1.57. The highest BCUT2D eigenvalue weighted by atomic mass is 31.2. The molecule has 0 radical (unpaired) electrons. The standard InChI is InChI=1S/C48H80NO10P/c1-3-5-7-9-11-13-15-17-18-19-20-21-22-23-24-25-26-28-30-32-34-36-38-40-47(52)57-41-44(50)42-58-60(55,56)59-43-45(48(53)54)49-46(51)39-37-35-33-31-29-27-16-14-12-10-8-6-4-2/h6,8,11-14,17-18,20-21,23-24,27,29,44-45,50H,3-5,7,9-10,15-16,19,22,25-26,28,30-43H2,1-2H3,(H,49,51)(H,53,54)(H,55,56)/b8-6-,13-11-,14-12-,18-17-,21-20-,24-23-,29-27-. The van der Waals surface area contributed by atoms with Crippen LogP contribution in [0.5, 0.6) is 0 Å². The molecule has 0 aromatic rings. The molecule has 0 saturated heterocycles. The van der Waals surface area contributed by atoms with Crippen molar-refractivity contribution < 1.29 is 47.8 Å². The number of ether oxygens (including phenoxy) is 1. The third-order valence-electron chi connectivity index (χ3n) is 9.17. The third kappa shape index (κ3) is 41.4. The van der Waals surface area contributed by atoms with Crippen LogP contribution < -0.4 is 5.32 Å². The monoisotopic (exact) mass is 862 g/mol. The van der Waals surface area contributed by atoms with Crippen LogP contribution in [-0.2, 0) is 32.7 Å². The smallest absolute Gasteiger partial charge is 0.472 e. The number of aliphatic hydroxyl groups is 1. The number of unbranched alkanes of at least 4 members (excludes halogenated alkanes) is 13. The van der Waals surface area contributed by atoms with Crippen LogP contribution in [0.4, 0.5) is 0 Å². The minimum atomic E-state index is -4.77. The maximum absolute atomic E-state index is 12.3. The van der Waals surface area contributed by atoms with Crippen molar-refractivity contribution >= 4 is 25.7 Å². The molecule has 0 aliphatic heterocycles. The average molecular weight is 862 g/mol. The van der Waals surface area contributed by atoms with Gasteiger partial charge in [-0.3, -0.25) is 18.6 Å². The fourth-order valence-corrected chi connectivity index (χ4v) is 6.44. The predicted molar refractivity (Wildman–Crippen MR) is 244 cm³/mol. The van der Waals surface area contributed by atoms with Crippen LogP contribution in [0.2, 0.25) is 0 Å². The van der Waals surface area contributed by atoms with Gasteiger partial charge in [0.2, 0.25) is 5.91 Å². The Kier molecular flexibility index (Phi) is 40.0. The minimum absolute atomic E-state index is 0.105. The highest BCUT2D eigenvalue weighted by molar-refractivity contribution is 7.47. The summed E-state index contributed by atoms with van der Waals surface area (Å²) < 4.78 is 26.8. The molecule has 0 aliphatic rings. The number of carbonyl (C=O) groups excluding carboxylic acids is 2. The van der Waals surface area contributed by atoms with E-state index in [1.165, 1.54) is 38.5 Å². The first-order valence-electron chi connectivity index (χ1n) is 22.6. The van der Waals surface area contributed by atoms with Crippen molar-refractivity contribution in [1.82, 2.24) is 5.32 Å². The van der Waals surface area contributed by atoms with Crippen molar-refractivity contribution in [2.24, 2.45) is 0 Å². The molecule has 60 heavy (non-hydrogen) atoms. The molecule has 0 fully saturated rings. The zero-order valence-electron chi connectivity index (χ0n) is 37.0. The number of aliphatic hydroxyl groups excluding tert-OH is 1. The molecule has 4 N–H and O–H groups in total. The van der Waals surface area contributed by atoms with Gasteiger partial charge in [0.1, 0.15) is 12.7 Å². The molecule has 0 heterocycles. The lowest BCUT2D eigenvalue weighted by Gasteiger charge is -2.18. The Hall–Kier alpha value is -3.34. The van der Waals surface area contributed by atoms with Crippen LogP contribution in [0.1, 0.15) is 168 Å². The van der Waals surface area contributed by atoms with Crippen molar-refractivity contribution in [2.45, 2.75) is 180 Å². The number of nitrogens with one attached hydrogen (secondary N) is 1. The number of carboxylic acid groups (broad SMARTS) is 1. The number of phosphoric acid groups is 1. The first-order chi connectivity index (χ1) is 29.1. The molecule has 0 aromatic carbocycles. The summed E-state index contributed by atoms with van der Waals surface area (Å²) >= 11 is 0. The highest BCUT2D eigenvalue weighted by Gasteiger charge is 2.28. The number of aliphatic carboxylic acids is 1. The lowest BCUT2D eigenvalue weighted by Crippen LogP contribution is -2.43. The van der Waals surface area contributed by atoms with E-state index in [2.05, 4.69) is 104 Å². The van der Waals surface area contributed by atoms with Crippen molar-refractivity contribution in [2.75, 3.05) is 19.8 Å². The van der Waals surface area contributed by atoms with E-state index in [4.69, 9.17) is 13.8 Å². The van der Waals surface area contributed by atoms with E-state index < -0.39 is 57.6 Å². The van der Waals surface area contributed by atoms with Crippen LogP contribution in [0.15, 0.2) is 85.1 Å². The fourth-order valence-electron chi connectivity index (χ4n) is 5.66. The lowest BCUT2D eigenvalue weighted by molar-refractivity contribution is -0.147. The van der Waals surface area contributed by atoms with E-state index in [-0.39, 0.29) is 12.8 Å². The summed E-state index contributed by atoms with van der Waals surface area (Å²) in [6.45, 7) is 2.40. The molecule has 12 heteroatoms. The van der Waals surface area contributed by atoms with E-state index >= 15 is 0 Å². The molecule has 0 rings (SSSR count). The second kappa shape index (κ2) is 42.4. The SMILES string of the molecule is CC/C=C\C/C=C\C/C=C\CCCCCC(=O)NC(COP(=O)(O)OCC(O)COC(=O)CCCCCCCCC/C=C\C/C=C\C/C=C\C/C=C\CCCCC)C(=O)O. The van der Waals surface area contributed by atoms with Crippen molar-refractivity contribution in [3.05, 3.63) is 85.1 Å². The Morgan fingerprint density at radius 2 is 0.967 bits per heavy atom. The second-order valence-corrected chi connectivity index (χ2v) is 16.3. The molecule has 0 bridgehead atoms. The van der Waals surface area contributed by atoms with Gasteiger partial charge in [0.15, 0.2) is 6.04 Å². The van der Waals surface area contributed by atoms with Gasteiger partial charge in [-0.05, 0) is 89.9 Å². The van der Waals surface area contributed by atoms with Gasteiger partial charge < -0.3 is 25.2 Å². The molecule has 0 saturated carbocycles. The number of hydrogen-bond donors (Lipinski definition) is 4. The summed E-state index contributed by atoms with van der Waals surface area (Å²) in [5, 5.41) is 21.8. The number of allylic oxidation sites excluding steroid dienone is 14. The van der Waals surface area contributed by atoms with Gasteiger partial charge in [0.05, 0.1) is 13.2 Å². The molecule has 1 amide bonds. The molecule has 0 aromatic heterocycles. The molecule has 3 atom stereocenters. The predicted octanol–water partition coefficient (Wildman–Crippen LogP) is 11.9. The van der Waals surface area contributed by atoms with Gasteiger partial charge in [-0.25, -0.2) is 9.36 Å².